The van der Waals surface area contributed by atoms with Crippen LogP contribution in [-0.4, -0.2) is 15.0 Å². The lowest BCUT2D eigenvalue weighted by atomic mass is 9.99. The van der Waals surface area contributed by atoms with E-state index in [1.807, 2.05) is 36.4 Å². The quantitative estimate of drug-likeness (QED) is 0.279. The number of benzene rings is 5. The highest BCUT2D eigenvalue weighted by atomic mass is 35.5. The standard InChI is InChI=1S/C29H18ClN3/c30-29-32-27(31-28(33-29)26-14-6-10-20-8-3-4-13-25(20)26)24-12-5-11-22(18-24)23-16-15-19-7-1-2-9-21(19)17-23/h1-18H. The molecule has 1 heterocycles. The van der Waals surface area contributed by atoms with Crippen LogP contribution in [0.1, 0.15) is 0 Å². The minimum atomic E-state index is 0.180. The lowest BCUT2D eigenvalue weighted by Crippen LogP contribution is -1.98. The van der Waals surface area contributed by atoms with Crippen molar-refractivity contribution in [3.05, 3.63) is 114 Å². The highest BCUT2D eigenvalue weighted by molar-refractivity contribution is 6.28. The van der Waals surface area contributed by atoms with Gasteiger partial charge in [0.25, 0.3) is 0 Å². The molecule has 5 aromatic carbocycles. The van der Waals surface area contributed by atoms with Crippen molar-refractivity contribution in [2.24, 2.45) is 0 Å². The summed E-state index contributed by atoms with van der Waals surface area (Å²) in [6.45, 7) is 0. The van der Waals surface area contributed by atoms with E-state index in [9.17, 15) is 0 Å². The van der Waals surface area contributed by atoms with Crippen LogP contribution in [0.25, 0.3) is 55.4 Å². The largest absolute Gasteiger partial charge is 0.226 e. The minimum absolute atomic E-state index is 0.180. The predicted molar refractivity (Wildman–Crippen MR) is 136 cm³/mol. The molecule has 0 saturated carbocycles. The summed E-state index contributed by atoms with van der Waals surface area (Å²) >= 11 is 6.36. The van der Waals surface area contributed by atoms with Crippen molar-refractivity contribution in [1.29, 1.82) is 0 Å². The summed E-state index contributed by atoms with van der Waals surface area (Å²) in [7, 11) is 0. The fourth-order valence-electron chi connectivity index (χ4n) is 4.23. The first kappa shape index (κ1) is 19.6. The first-order chi connectivity index (χ1) is 16.2. The van der Waals surface area contributed by atoms with Gasteiger partial charge in [-0.1, -0.05) is 97.1 Å². The Morgan fingerprint density at radius 2 is 1.12 bits per heavy atom. The van der Waals surface area contributed by atoms with E-state index in [1.165, 1.54) is 10.8 Å². The third kappa shape index (κ3) is 3.73. The van der Waals surface area contributed by atoms with Crippen LogP contribution in [0.2, 0.25) is 5.28 Å². The maximum Gasteiger partial charge on any atom is 0.226 e. The van der Waals surface area contributed by atoms with Gasteiger partial charge in [-0.25, -0.2) is 4.98 Å². The van der Waals surface area contributed by atoms with Crippen molar-refractivity contribution in [3.63, 3.8) is 0 Å². The molecule has 0 fully saturated rings. The van der Waals surface area contributed by atoms with Crippen LogP contribution in [0, 0.1) is 0 Å². The van der Waals surface area contributed by atoms with Crippen LogP contribution < -0.4 is 0 Å². The zero-order valence-corrected chi connectivity index (χ0v) is 18.4. The lowest BCUT2D eigenvalue weighted by Gasteiger charge is -2.09. The molecular formula is C29H18ClN3. The van der Waals surface area contributed by atoms with E-state index in [1.54, 1.807) is 0 Å². The Morgan fingerprint density at radius 1 is 0.455 bits per heavy atom. The summed E-state index contributed by atoms with van der Waals surface area (Å²) in [6.07, 6.45) is 0. The van der Waals surface area contributed by atoms with Crippen molar-refractivity contribution in [3.8, 4) is 33.9 Å². The number of hydrogen-bond acceptors (Lipinski definition) is 3. The zero-order valence-electron chi connectivity index (χ0n) is 17.6. The van der Waals surface area contributed by atoms with Crippen LogP contribution in [0.3, 0.4) is 0 Å². The number of rotatable bonds is 3. The lowest BCUT2D eigenvalue weighted by molar-refractivity contribution is 1.07. The number of halogens is 1. The summed E-state index contributed by atoms with van der Waals surface area (Å²) in [5, 5.41) is 4.83. The Balaban J connectivity index is 1.46. The second-order valence-corrected chi connectivity index (χ2v) is 8.26. The van der Waals surface area contributed by atoms with Crippen molar-refractivity contribution in [2.45, 2.75) is 0 Å². The van der Waals surface area contributed by atoms with Gasteiger partial charge >= 0.3 is 0 Å². The van der Waals surface area contributed by atoms with E-state index in [-0.39, 0.29) is 5.28 Å². The van der Waals surface area contributed by atoms with E-state index in [4.69, 9.17) is 16.6 Å². The van der Waals surface area contributed by atoms with Gasteiger partial charge in [-0.3, -0.25) is 0 Å². The first-order valence-corrected chi connectivity index (χ1v) is 11.1. The molecular weight excluding hydrogens is 426 g/mol. The average molecular weight is 444 g/mol. The second kappa shape index (κ2) is 8.12. The molecule has 1 aromatic heterocycles. The molecule has 6 rings (SSSR count). The van der Waals surface area contributed by atoms with Crippen molar-refractivity contribution in [2.75, 3.05) is 0 Å². The van der Waals surface area contributed by atoms with E-state index in [2.05, 4.69) is 82.8 Å². The molecule has 0 aliphatic heterocycles. The number of nitrogens with zero attached hydrogens (tertiary/aromatic N) is 3. The third-order valence-corrected chi connectivity index (χ3v) is 6.01. The summed E-state index contributed by atoms with van der Waals surface area (Å²) in [5.74, 6) is 1.12. The molecule has 0 aliphatic carbocycles. The maximum absolute atomic E-state index is 6.36. The smallest absolute Gasteiger partial charge is 0.208 e. The zero-order chi connectivity index (χ0) is 22.2. The Morgan fingerprint density at radius 3 is 2.03 bits per heavy atom. The summed E-state index contributed by atoms with van der Waals surface area (Å²) < 4.78 is 0. The van der Waals surface area contributed by atoms with Gasteiger partial charge in [-0.2, -0.15) is 9.97 Å². The maximum atomic E-state index is 6.36. The van der Waals surface area contributed by atoms with Crippen LogP contribution in [-0.2, 0) is 0 Å². The van der Waals surface area contributed by atoms with E-state index >= 15 is 0 Å². The minimum Gasteiger partial charge on any atom is -0.208 e. The Labute approximate surface area is 196 Å². The van der Waals surface area contributed by atoms with Gasteiger partial charge in [-0.05, 0) is 56.4 Å². The molecule has 4 heteroatoms. The molecule has 3 nitrogen and oxygen atoms in total. The highest BCUT2D eigenvalue weighted by Crippen LogP contribution is 2.30. The Bertz CT molecular complexity index is 1640. The fourth-order valence-corrected chi connectivity index (χ4v) is 4.39. The van der Waals surface area contributed by atoms with Crippen LogP contribution >= 0.6 is 11.6 Å². The van der Waals surface area contributed by atoms with Crippen LogP contribution in [0.5, 0.6) is 0 Å². The van der Waals surface area contributed by atoms with E-state index in [0.717, 1.165) is 33.0 Å². The van der Waals surface area contributed by atoms with Gasteiger partial charge in [0.05, 0.1) is 0 Å². The van der Waals surface area contributed by atoms with Gasteiger partial charge in [0, 0.05) is 11.1 Å². The average Bonchev–Trinajstić information content (AvgIpc) is 2.88. The van der Waals surface area contributed by atoms with E-state index < -0.39 is 0 Å². The van der Waals surface area contributed by atoms with Gasteiger partial charge in [-0.15, -0.1) is 0 Å². The Hall–Kier alpha value is -4.08. The summed E-state index contributed by atoms with van der Waals surface area (Å²) in [6, 6.07) is 37.4. The van der Waals surface area contributed by atoms with Crippen molar-refractivity contribution in [1.82, 2.24) is 15.0 Å². The molecule has 0 aliphatic rings. The molecule has 0 saturated heterocycles. The Kier molecular flexibility index (Phi) is 4.82. The summed E-state index contributed by atoms with van der Waals surface area (Å²) in [5.41, 5.74) is 4.07. The van der Waals surface area contributed by atoms with Gasteiger partial charge in [0.15, 0.2) is 11.6 Å². The summed E-state index contributed by atoms with van der Waals surface area (Å²) in [4.78, 5) is 13.7. The number of hydrogen-bond donors (Lipinski definition) is 0. The molecule has 0 bridgehead atoms. The molecule has 0 amide bonds. The number of fused-ring (bicyclic) bond motifs is 2. The fraction of sp³-hybridized carbons (Fsp3) is 0. The highest BCUT2D eigenvalue weighted by Gasteiger charge is 2.12. The SMILES string of the molecule is Clc1nc(-c2cccc(-c3ccc4ccccc4c3)c2)nc(-c2cccc3ccccc23)n1. The molecule has 6 aromatic rings. The first-order valence-electron chi connectivity index (χ1n) is 10.7. The van der Waals surface area contributed by atoms with Crippen LogP contribution in [0.4, 0.5) is 0 Å². The van der Waals surface area contributed by atoms with Gasteiger partial charge < -0.3 is 0 Å². The number of aromatic nitrogens is 3. The third-order valence-electron chi connectivity index (χ3n) is 5.84. The predicted octanol–water partition coefficient (Wildman–Crippen LogP) is 7.83. The molecule has 33 heavy (non-hydrogen) atoms. The normalized spacial score (nSPS) is 11.2. The van der Waals surface area contributed by atoms with Gasteiger partial charge in [0.2, 0.25) is 5.28 Å². The second-order valence-electron chi connectivity index (χ2n) is 7.92. The monoisotopic (exact) mass is 443 g/mol. The van der Waals surface area contributed by atoms with Crippen molar-refractivity contribution < 1.29 is 0 Å². The molecule has 0 N–H and O–H groups in total. The molecule has 0 atom stereocenters. The van der Waals surface area contributed by atoms with E-state index in [0.29, 0.717) is 11.6 Å². The molecule has 0 spiro atoms. The molecule has 0 unspecified atom stereocenters. The molecule has 156 valence electrons. The van der Waals surface area contributed by atoms with Crippen LogP contribution in [0.15, 0.2) is 109 Å². The van der Waals surface area contributed by atoms with Gasteiger partial charge in [0.1, 0.15) is 0 Å². The topological polar surface area (TPSA) is 38.7 Å². The molecule has 0 radical (unpaired) electrons. The van der Waals surface area contributed by atoms with Crippen molar-refractivity contribution >= 4 is 33.1 Å².